The van der Waals surface area contributed by atoms with E-state index in [0.29, 0.717) is 25.8 Å². The van der Waals surface area contributed by atoms with E-state index in [1.807, 2.05) is 111 Å². The Bertz CT molecular complexity index is 1170. The summed E-state index contributed by atoms with van der Waals surface area (Å²) in [4.78, 5) is 13.1. The molecule has 0 aliphatic carbocycles. The number of benzene rings is 4. The number of carbonyl (C=O) groups is 1. The van der Waals surface area contributed by atoms with E-state index in [1.165, 1.54) is 0 Å². The van der Waals surface area contributed by atoms with Crippen LogP contribution in [0, 0.1) is 13.8 Å². The van der Waals surface area contributed by atoms with Crippen molar-refractivity contribution in [3.05, 3.63) is 114 Å². The summed E-state index contributed by atoms with van der Waals surface area (Å²) >= 11 is 0. The van der Waals surface area contributed by atoms with Gasteiger partial charge in [0.15, 0.2) is 0 Å². The molecule has 0 fully saturated rings. The zero-order chi connectivity index (χ0) is 21.6. The summed E-state index contributed by atoms with van der Waals surface area (Å²) in [6, 6.07) is 30.6. The molecular weight excluding hydrogens is 410 g/mol. The first kappa shape index (κ1) is 23.8. The van der Waals surface area contributed by atoms with Crippen LogP contribution < -0.4 is 33.6 Å². The molecule has 0 heterocycles. The Morgan fingerprint density at radius 2 is 1.22 bits per heavy atom. The van der Waals surface area contributed by atoms with Crippen molar-refractivity contribution in [1.82, 2.24) is 0 Å². The monoisotopic (exact) mass is 432 g/mol. The summed E-state index contributed by atoms with van der Waals surface area (Å²) in [6.45, 7) is 3.93. The van der Waals surface area contributed by atoms with Gasteiger partial charge >= 0.3 is 18.9 Å². The standard InChI is InChI=1S/C27H22O3P.Li/c1-19-10-9-11-20(2)26(19)27(28)31-25-17-16-23(29-21-12-5-3-6-13-21)18-24(25)30-22-14-7-4-8-15-22;/h3-18H,1-2H3;/q-1;+1. The molecule has 0 radical (unpaired) electrons. The van der Waals surface area contributed by atoms with Crippen molar-refractivity contribution in [2.45, 2.75) is 13.8 Å². The molecule has 0 unspecified atom stereocenters. The Kier molecular flexibility index (Phi) is 8.31. The van der Waals surface area contributed by atoms with Crippen molar-refractivity contribution >= 4 is 19.4 Å². The van der Waals surface area contributed by atoms with Crippen LogP contribution in [0.1, 0.15) is 21.5 Å². The van der Waals surface area contributed by atoms with Crippen LogP contribution in [-0.4, -0.2) is 5.52 Å². The minimum Gasteiger partial charge on any atom is -0.460 e. The summed E-state index contributed by atoms with van der Waals surface area (Å²) in [7, 11) is 0.555. The molecule has 0 aromatic heterocycles. The minimum absolute atomic E-state index is 0. The van der Waals surface area contributed by atoms with Gasteiger partial charge in [-0.15, -0.1) is 0 Å². The number of rotatable bonds is 7. The Morgan fingerprint density at radius 1 is 0.656 bits per heavy atom. The van der Waals surface area contributed by atoms with Crippen molar-refractivity contribution in [2.75, 3.05) is 0 Å². The first-order chi connectivity index (χ1) is 15.1. The second-order valence-electron chi connectivity index (χ2n) is 7.14. The summed E-state index contributed by atoms with van der Waals surface area (Å²) in [5.74, 6) is 2.69. The molecule has 0 aliphatic heterocycles. The molecule has 0 saturated carbocycles. The molecule has 5 heteroatoms. The van der Waals surface area contributed by atoms with Gasteiger partial charge in [0.1, 0.15) is 23.0 Å². The second-order valence-corrected chi connectivity index (χ2v) is 8.26. The van der Waals surface area contributed by atoms with Crippen LogP contribution in [0.3, 0.4) is 0 Å². The van der Waals surface area contributed by atoms with Gasteiger partial charge in [-0.1, -0.05) is 60.7 Å². The first-order valence-electron chi connectivity index (χ1n) is 10.0. The fraction of sp³-hybridized carbons (Fsp3) is 0.0741. The zero-order valence-electron chi connectivity index (χ0n) is 18.4. The molecule has 0 spiro atoms. The van der Waals surface area contributed by atoms with E-state index in [0.717, 1.165) is 27.7 Å². The molecule has 0 atom stereocenters. The molecule has 4 aromatic rings. The van der Waals surface area contributed by atoms with Gasteiger partial charge in [0.05, 0.1) is 0 Å². The quantitative estimate of drug-likeness (QED) is 0.323. The van der Waals surface area contributed by atoms with Gasteiger partial charge in [-0.3, -0.25) is 0 Å². The predicted octanol–water partition coefficient (Wildman–Crippen LogP) is 4.30. The van der Waals surface area contributed by atoms with Gasteiger partial charge < -0.3 is 22.8 Å². The third-order valence-corrected chi connectivity index (χ3v) is 5.84. The number of aryl methyl sites for hydroxylation is 2. The molecule has 3 nitrogen and oxygen atoms in total. The smallest absolute Gasteiger partial charge is 0.460 e. The van der Waals surface area contributed by atoms with Crippen LogP contribution in [0.5, 0.6) is 23.0 Å². The van der Waals surface area contributed by atoms with Crippen LogP contribution in [0.25, 0.3) is 0 Å². The average Bonchev–Trinajstić information content (AvgIpc) is 2.77. The maximum Gasteiger partial charge on any atom is 1.00 e. The van der Waals surface area contributed by atoms with Crippen molar-refractivity contribution in [3.8, 4) is 23.0 Å². The van der Waals surface area contributed by atoms with E-state index < -0.39 is 0 Å². The zero-order valence-corrected chi connectivity index (χ0v) is 19.3. The predicted molar refractivity (Wildman–Crippen MR) is 126 cm³/mol. The van der Waals surface area contributed by atoms with E-state index in [4.69, 9.17) is 9.47 Å². The number of para-hydroxylation sites is 2. The number of ether oxygens (including phenoxy) is 2. The normalized spacial score (nSPS) is 10.6. The van der Waals surface area contributed by atoms with Crippen LogP contribution in [0.4, 0.5) is 0 Å². The van der Waals surface area contributed by atoms with E-state index in [2.05, 4.69) is 0 Å². The maximum absolute atomic E-state index is 13.1. The Hall–Kier alpha value is -2.82. The summed E-state index contributed by atoms with van der Waals surface area (Å²) in [5, 5.41) is 0.789. The third-order valence-electron chi connectivity index (χ3n) is 4.80. The third kappa shape index (κ3) is 5.90. The van der Waals surface area contributed by atoms with Gasteiger partial charge in [-0.05, 0) is 60.9 Å². The number of carbonyl (C=O) groups excluding carboxylic acids is 1. The summed E-state index contributed by atoms with van der Waals surface area (Å²) in [6.07, 6.45) is 0. The first-order valence-corrected chi connectivity index (χ1v) is 10.9. The maximum atomic E-state index is 13.1. The topological polar surface area (TPSA) is 35.5 Å². The molecule has 4 aromatic carbocycles. The molecule has 0 N–H and O–H groups in total. The van der Waals surface area contributed by atoms with E-state index in [-0.39, 0.29) is 24.4 Å². The Morgan fingerprint density at radius 3 is 1.81 bits per heavy atom. The Balaban J connectivity index is 0.00000289. The molecule has 0 bridgehead atoms. The SMILES string of the molecule is Cc1cccc(C)c1C(=O)[P-]c1ccc(Oc2ccccc2)cc1Oc1ccccc1.[Li+]. The van der Waals surface area contributed by atoms with E-state index >= 15 is 0 Å². The van der Waals surface area contributed by atoms with Crippen LogP contribution >= 0.6 is 8.58 Å². The van der Waals surface area contributed by atoms with Gasteiger partial charge in [0.2, 0.25) is 0 Å². The Labute approximate surface area is 202 Å². The molecule has 4 rings (SSSR count). The van der Waals surface area contributed by atoms with Crippen molar-refractivity contribution in [1.29, 1.82) is 0 Å². The summed E-state index contributed by atoms with van der Waals surface area (Å²) in [5.41, 5.74) is 2.77. The average molecular weight is 432 g/mol. The van der Waals surface area contributed by atoms with E-state index in [9.17, 15) is 4.79 Å². The van der Waals surface area contributed by atoms with Crippen molar-refractivity contribution in [3.63, 3.8) is 0 Å². The number of hydrogen-bond acceptors (Lipinski definition) is 3. The molecule has 32 heavy (non-hydrogen) atoms. The van der Waals surface area contributed by atoms with Gasteiger partial charge in [-0.25, -0.2) is 0 Å². The van der Waals surface area contributed by atoms with Gasteiger partial charge in [0.25, 0.3) is 0 Å². The largest absolute Gasteiger partial charge is 1.00 e. The molecule has 0 saturated heterocycles. The van der Waals surface area contributed by atoms with E-state index in [1.54, 1.807) is 0 Å². The van der Waals surface area contributed by atoms with Crippen LogP contribution in [-0.2, 0) is 0 Å². The summed E-state index contributed by atoms with van der Waals surface area (Å²) < 4.78 is 12.1. The molecule has 0 aliphatic rings. The fourth-order valence-electron chi connectivity index (χ4n) is 3.29. The van der Waals surface area contributed by atoms with Gasteiger partial charge in [-0.2, -0.15) is 5.30 Å². The van der Waals surface area contributed by atoms with Crippen molar-refractivity contribution < 1.29 is 33.1 Å². The van der Waals surface area contributed by atoms with Crippen molar-refractivity contribution in [2.24, 2.45) is 0 Å². The fourth-order valence-corrected chi connectivity index (χ4v) is 4.34. The molecular formula is C27H22LiO3P. The van der Waals surface area contributed by atoms with Crippen LogP contribution in [0.15, 0.2) is 97.1 Å². The second kappa shape index (κ2) is 11.2. The number of hydrogen-bond donors (Lipinski definition) is 0. The van der Waals surface area contributed by atoms with Crippen LogP contribution in [0.2, 0.25) is 0 Å². The minimum atomic E-state index is 0. The molecule has 154 valence electrons. The molecule has 0 amide bonds. The van der Waals surface area contributed by atoms with Gasteiger partial charge in [0, 0.05) is 11.6 Å².